The molecule has 1 aliphatic rings. The van der Waals surface area contributed by atoms with Crippen LogP contribution in [0.1, 0.15) is 26.7 Å². The summed E-state index contributed by atoms with van der Waals surface area (Å²) in [7, 11) is 1.70. The molecule has 0 spiro atoms. The lowest BCUT2D eigenvalue weighted by Gasteiger charge is -2.25. The molecule has 1 fully saturated rings. The molecule has 1 N–H and O–H groups in total. The van der Waals surface area contributed by atoms with Crippen LogP contribution in [0.3, 0.4) is 0 Å². The Morgan fingerprint density at radius 1 is 1.28 bits per heavy atom. The van der Waals surface area contributed by atoms with Gasteiger partial charge < -0.3 is 15.1 Å². The van der Waals surface area contributed by atoms with Gasteiger partial charge in [-0.15, -0.1) is 12.4 Å². The van der Waals surface area contributed by atoms with Crippen LogP contribution in [0, 0.1) is 0 Å². The van der Waals surface area contributed by atoms with Crippen molar-refractivity contribution in [2.45, 2.75) is 32.7 Å². The lowest BCUT2D eigenvalue weighted by atomic mass is 10.2. The van der Waals surface area contributed by atoms with Crippen LogP contribution >= 0.6 is 12.4 Å². The lowest BCUT2D eigenvalue weighted by molar-refractivity contribution is -0.140. The average Bonchev–Trinajstić information content (AvgIpc) is 2.83. The summed E-state index contributed by atoms with van der Waals surface area (Å²) in [5.41, 5.74) is 0. The van der Waals surface area contributed by atoms with E-state index in [4.69, 9.17) is 0 Å². The Hall–Kier alpha value is -0.810. The largest absolute Gasteiger partial charge is 0.342 e. The summed E-state index contributed by atoms with van der Waals surface area (Å²) >= 11 is 0. The number of hydrogen-bond acceptors (Lipinski definition) is 3. The van der Waals surface area contributed by atoms with Crippen LogP contribution in [0.5, 0.6) is 0 Å². The molecule has 6 heteroatoms. The summed E-state index contributed by atoms with van der Waals surface area (Å²) in [4.78, 5) is 27.1. The van der Waals surface area contributed by atoms with Gasteiger partial charge in [0.15, 0.2) is 0 Å². The fourth-order valence-electron chi connectivity index (χ4n) is 2.12. The molecular weight excluding hydrogens is 254 g/mol. The van der Waals surface area contributed by atoms with Gasteiger partial charge in [0.2, 0.25) is 11.8 Å². The Morgan fingerprint density at radius 2 is 1.89 bits per heavy atom. The molecule has 0 radical (unpaired) electrons. The molecule has 0 bridgehead atoms. The van der Waals surface area contributed by atoms with Gasteiger partial charge in [0, 0.05) is 20.1 Å². The van der Waals surface area contributed by atoms with E-state index >= 15 is 0 Å². The molecule has 0 unspecified atom stereocenters. The van der Waals surface area contributed by atoms with Crippen molar-refractivity contribution in [2.24, 2.45) is 0 Å². The van der Waals surface area contributed by atoms with Crippen molar-refractivity contribution in [2.75, 3.05) is 33.2 Å². The van der Waals surface area contributed by atoms with E-state index in [-0.39, 0.29) is 36.8 Å². The van der Waals surface area contributed by atoms with E-state index in [9.17, 15) is 9.59 Å². The van der Waals surface area contributed by atoms with E-state index in [1.807, 2.05) is 13.8 Å². The number of amides is 2. The molecule has 1 saturated heterocycles. The molecule has 0 aliphatic carbocycles. The Kier molecular flexibility index (Phi) is 7.95. The number of rotatable bonds is 5. The lowest BCUT2D eigenvalue weighted by Crippen LogP contribution is -2.46. The third kappa shape index (κ3) is 4.46. The molecule has 106 valence electrons. The highest BCUT2D eigenvalue weighted by Crippen LogP contribution is 2.07. The van der Waals surface area contributed by atoms with Gasteiger partial charge in [-0.25, -0.2) is 0 Å². The molecule has 1 atom stereocenters. The number of nitrogens with one attached hydrogen (secondary N) is 1. The quantitative estimate of drug-likeness (QED) is 0.796. The molecule has 18 heavy (non-hydrogen) atoms. The van der Waals surface area contributed by atoms with Crippen LogP contribution in [0.2, 0.25) is 0 Å². The van der Waals surface area contributed by atoms with E-state index in [1.54, 1.807) is 11.9 Å². The van der Waals surface area contributed by atoms with Crippen molar-refractivity contribution in [1.82, 2.24) is 15.1 Å². The van der Waals surface area contributed by atoms with Gasteiger partial charge in [-0.3, -0.25) is 9.59 Å². The van der Waals surface area contributed by atoms with E-state index in [0.29, 0.717) is 13.1 Å². The molecule has 0 aromatic carbocycles. The van der Waals surface area contributed by atoms with Crippen LogP contribution < -0.4 is 5.32 Å². The predicted octanol–water partition coefficient (Wildman–Crippen LogP) is 0.487. The summed E-state index contributed by atoms with van der Waals surface area (Å²) in [6.45, 7) is 6.36. The molecule has 2 amide bonds. The molecule has 1 aliphatic heterocycles. The van der Waals surface area contributed by atoms with Gasteiger partial charge in [0.05, 0.1) is 12.6 Å². The number of halogens is 1. The first-order chi connectivity index (χ1) is 8.10. The maximum atomic E-state index is 12.0. The van der Waals surface area contributed by atoms with E-state index in [0.717, 1.165) is 19.4 Å². The van der Waals surface area contributed by atoms with Crippen LogP contribution in [0.15, 0.2) is 0 Å². The molecule has 0 saturated carbocycles. The van der Waals surface area contributed by atoms with Gasteiger partial charge in [-0.1, -0.05) is 0 Å². The standard InChI is InChI=1S/C12H23N3O2.ClH/c1-4-15(5-2)11(16)9-14(3)12(17)10-7-6-8-13-10;/h10,13H,4-9H2,1-3H3;1H/t10-;/m0./s1. The fraction of sp³-hybridized carbons (Fsp3) is 0.833. The minimum absolute atomic E-state index is 0. The minimum Gasteiger partial charge on any atom is -0.342 e. The van der Waals surface area contributed by atoms with Gasteiger partial charge in [-0.05, 0) is 33.2 Å². The molecule has 5 nitrogen and oxygen atoms in total. The maximum absolute atomic E-state index is 12.0. The Bertz CT molecular complexity index is 276. The van der Waals surface area contributed by atoms with Crippen LogP contribution in [-0.4, -0.2) is 60.9 Å². The summed E-state index contributed by atoms with van der Waals surface area (Å²) in [5, 5.41) is 3.15. The number of carbonyl (C=O) groups excluding carboxylic acids is 2. The third-order valence-corrected chi connectivity index (χ3v) is 3.22. The molecule has 0 aromatic rings. The average molecular weight is 278 g/mol. The van der Waals surface area contributed by atoms with Crippen LogP contribution in [0.4, 0.5) is 0 Å². The normalized spacial score (nSPS) is 18.1. The highest BCUT2D eigenvalue weighted by molar-refractivity contribution is 5.87. The minimum atomic E-state index is -0.0931. The number of hydrogen-bond donors (Lipinski definition) is 1. The zero-order valence-electron chi connectivity index (χ0n) is 11.4. The zero-order valence-corrected chi connectivity index (χ0v) is 12.3. The summed E-state index contributed by atoms with van der Waals surface area (Å²) in [6.07, 6.45) is 1.91. The van der Waals surface area contributed by atoms with Gasteiger partial charge in [-0.2, -0.15) is 0 Å². The van der Waals surface area contributed by atoms with Crippen molar-refractivity contribution in [3.63, 3.8) is 0 Å². The van der Waals surface area contributed by atoms with Crippen LogP contribution in [-0.2, 0) is 9.59 Å². The Morgan fingerprint density at radius 3 is 2.33 bits per heavy atom. The van der Waals surface area contributed by atoms with E-state index < -0.39 is 0 Å². The second-order valence-corrected chi connectivity index (χ2v) is 4.41. The van der Waals surface area contributed by atoms with Crippen LogP contribution in [0.25, 0.3) is 0 Å². The van der Waals surface area contributed by atoms with Gasteiger partial charge in [0.25, 0.3) is 0 Å². The highest BCUT2D eigenvalue weighted by atomic mass is 35.5. The fourth-order valence-corrected chi connectivity index (χ4v) is 2.12. The van der Waals surface area contributed by atoms with E-state index in [2.05, 4.69) is 5.32 Å². The smallest absolute Gasteiger partial charge is 0.242 e. The van der Waals surface area contributed by atoms with E-state index in [1.165, 1.54) is 4.90 Å². The SMILES string of the molecule is CCN(CC)C(=O)CN(C)C(=O)[C@@H]1CCCN1.Cl. The summed E-state index contributed by atoms with van der Waals surface area (Å²) < 4.78 is 0. The zero-order chi connectivity index (χ0) is 12.8. The van der Waals surface area contributed by atoms with Crippen molar-refractivity contribution < 1.29 is 9.59 Å². The van der Waals surface area contributed by atoms with Crippen molar-refractivity contribution in [3.8, 4) is 0 Å². The number of nitrogens with zero attached hydrogens (tertiary/aromatic N) is 2. The van der Waals surface area contributed by atoms with Crippen molar-refractivity contribution >= 4 is 24.2 Å². The highest BCUT2D eigenvalue weighted by Gasteiger charge is 2.26. The topological polar surface area (TPSA) is 52.7 Å². The van der Waals surface area contributed by atoms with Crippen molar-refractivity contribution in [1.29, 1.82) is 0 Å². The first kappa shape index (κ1) is 17.2. The first-order valence-electron chi connectivity index (χ1n) is 6.36. The van der Waals surface area contributed by atoms with Gasteiger partial charge >= 0.3 is 0 Å². The Labute approximate surface area is 115 Å². The molecule has 0 aromatic heterocycles. The monoisotopic (exact) mass is 277 g/mol. The third-order valence-electron chi connectivity index (χ3n) is 3.22. The second kappa shape index (κ2) is 8.32. The summed E-state index contributed by atoms with van der Waals surface area (Å²) in [5.74, 6) is 0.0480. The van der Waals surface area contributed by atoms with Gasteiger partial charge in [0.1, 0.15) is 0 Å². The Balaban J connectivity index is 0.00000289. The predicted molar refractivity (Wildman–Crippen MR) is 73.8 cm³/mol. The number of carbonyl (C=O) groups is 2. The number of likely N-dealkylation sites (N-methyl/N-ethyl adjacent to an activating group) is 2. The summed E-state index contributed by atoms with van der Waals surface area (Å²) in [6, 6.07) is -0.0931. The molecule has 1 heterocycles. The maximum Gasteiger partial charge on any atom is 0.242 e. The second-order valence-electron chi connectivity index (χ2n) is 4.41. The first-order valence-corrected chi connectivity index (χ1v) is 6.36. The molecular formula is C12H24ClN3O2. The van der Waals surface area contributed by atoms with Crippen molar-refractivity contribution in [3.05, 3.63) is 0 Å². The molecule has 1 rings (SSSR count).